The zero-order valence-corrected chi connectivity index (χ0v) is 21.6. The molecule has 11 nitrogen and oxygen atoms in total. The molecule has 1 fully saturated rings. The lowest BCUT2D eigenvalue weighted by molar-refractivity contribution is 0.0730. The number of aromatic nitrogens is 1. The topological polar surface area (TPSA) is 147 Å². The fraction of sp³-hybridized carbons (Fsp3) is 0.227. The number of morpholine rings is 1. The Morgan fingerprint density at radius 1 is 1.11 bits per heavy atom. The first-order chi connectivity index (χ1) is 17.2. The van der Waals surface area contributed by atoms with Gasteiger partial charge >= 0.3 is 0 Å². The molecule has 0 atom stereocenters. The second-order valence-electron chi connectivity index (χ2n) is 7.64. The number of hydrazone groups is 1. The van der Waals surface area contributed by atoms with Crippen molar-refractivity contribution < 1.29 is 26.4 Å². The third-order valence-electron chi connectivity index (χ3n) is 5.25. The van der Waals surface area contributed by atoms with Gasteiger partial charge in [-0.3, -0.25) is 14.5 Å². The smallest absolute Gasteiger partial charge is 0.275 e. The maximum atomic E-state index is 12.9. The number of benzene rings is 1. The standard InChI is InChI=1S/C22H23N5O6S3/c1-16(17-4-2-5-18(14-17)36(31,32)27-9-11-33-12-10-27)24-25-22(28)19-15-23-8-7-20(19)26-35(29,30)21-6-3-13-34-21/h2-8,13-15H,9-12H2,1H3,(H,23,26)(H,25,28)/b24-16+. The van der Waals surface area contributed by atoms with Crippen LogP contribution in [-0.2, 0) is 24.8 Å². The van der Waals surface area contributed by atoms with Gasteiger partial charge in [0, 0.05) is 25.5 Å². The molecule has 36 heavy (non-hydrogen) atoms. The first-order valence-corrected chi connectivity index (χ1v) is 14.5. The summed E-state index contributed by atoms with van der Waals surface area (Å²) in [6, 6.07) is 10.7. The summed E-state index contributed by atoms with van der Waals surface area (Å²) in [5.74, 6) is -0.691. The Balaban J connectivity index is 1.51. The fourth-order valence-corrected chi connectivity index (χ4v) is 6.88. The number of rotatable bonds is 8. The van der Waals surface area contributed by atoms with Crippen molar-refractivity contribution in [3.8, 4) is 0 Å². The van der Waals surface area contributed by atoms with E-state index >= 15 is 0 Å². The molecule has 190 valence electrons. The summed E-state index contributed by atoms with van der Waals surface area (Å²) in [4.78, 5) is 16.8. The van der Waals surface area contributed by atoms with Gasteiger partial charge < -0.3 is 4.74 Å². The molecule has 14 heteroatoms. The average molecular weight is 550 g/mol. The van der Waals surface area contributed by atoms with Crippen molar-refractivity contribution in [3.05, 3.63) is 71.4 Å². The Kier molecular flexibility index (Phi) is 7.80. The van der Waals surface area contributed by atoms with Crippen LogP contribution in [0.5, 0.6) is 0 Å². The fourth-order valence-electron chi connectivity index (χ4n) is 3.35. The van der Waals surface area contributed by atoms with Crippen LogP contribution in [0, 0.1) is 0 Å². The molecule has 1 aromatic carbocycles. The molecule has 1 aliphatic rings. The predicted molar refractivity (Wildman–Crippen MR) is 135 cm³/mol. The quantitative estimate of drug-likeness (QED) is 0.323. The number of hydrogen-bond donors (Lipinski definition) is 2. The van der Waals surface area contributed by atoms with E-state index in [0.29, 0.717) is 24.5 Å². The maximum absolute atomic E-state index is 12.9. The number of pyridine rings is 1. The highest BCUT2D eigenvalue weighted by Gasteiger charge is 2.26. The van der Waals surface area contributed by atoms with Gasteiger partial charge in [0.15, 0.2) is 0 Å². The number of carbonyl (C=O) groups is 1. The van der Waals surface area contributed by atoms with Crippen molar-refractivity contribution in [2.75, 3.05) is 31.0 Å². The van der Waals surface area contributed by atoms with Crippen molar-refractivity contribution in [3.63, 3.8) is 0 Å². The van der Waals surface area contributed by atoms with Crippen LogP contribution in [0.3, 0.4) is 0 Å². The van der Waals surface area contributed by atoms with E-state index in [-0.39, 0.29) is 33.4 Å². The number of nitrogens with zero attached hydrogens (tertiary/aromatic N) is 3. The highest BCUT2D eigenvalue weighted by Crippen LogP contribution is 2.23. The Bertz CT molecular complexity index is 1480. The van der Waals surface area contributed by atoms with E-state index in [4.69, 9.17) is 4.74 Å². The predicted octanol–water partition coefficient (Wildman–Crippen LogP) is 2.12. The number of carbonyl (C=O) groups excluding carboxylic acids is 1. The molecule has 0 aliphatic carbocycles. The minimum absolute atomic E-state index is 0.0298. The van der Waals surface area contributed by atoms with Gasteiger partial charge in [-0.2, -0.15) is 9.41 Å². The molecule has 1 saturated heterocycles. The molecule has 0 spiro atoms. The summed E-state index contributed by atoms with van der Waals surface area (Å²) in [7, 11) is -7.57. The monoisotopic (exact) mass is 549 g/mol. The van der Waals surface area contributed by atoms with Crippen LogP contribution in [0.1, 0.15) is 22.8 Å². The minimum Gasteiger partial charge on any atom is -0.379 e. The number of sulfonamides is 2. The van der Waals surface area contributed by atoms with Gasteiger partial charge in [0.2, 0.25) is 10.0 Å². The summed E-state index contributed by atoms with van der Waals surface area (Å²) in [6.45, 7) is 2.85. The van der Waals surface area contributed by atoms with Gasteiger partial charge in [-0.1, -0.05) is 18.2 Å². The van der Waals surface area contributed by atoms with E-state index in [9.17, 15) is 21.6 Å². The van der Waals surface area contributed by atoms with Gasteiger partial charge in [-0.25, -0.2) is 22.3 Å². The van der Waals surface area contributed by atoms with Crippen molar-refractivity contribution in [2.24, 2.45) is 5.10 Å². The molecular weight excluding hydrogens is 526 g/mol. The summed E-state index contributed by atoms with van der Waals surface area (Å²) >= 11 is 1.05. The van der Waals surface area contributed by atoms with Crippen LogP contribution in [0.25, 0.3) is 0 Å². The van der Waals surface area contributed by atoms with Crippen molar-refractivity contribution in [2.45, 2.75) is 16.0 Å². The molecule has 0 saturated carbocycles. The van der Waals surface area contributed by atoms with Gasteiger partial charge in [0.05, 0.1) is 35.1 Å². The molecule has 2 N–H and O–H groups in total. The van der Waals surface area contributed by atoms with Gasteiger partial charge in [-0.05, 0) is 42.1 Å². The van der Waals surface area contributed by atoms with Crippen LogP contribution < -0.4 is 10.1 Å². The largest absolute Gasteiger partial charge is 0.379 e. The number of thiophene rings is 1. The number of hydrogen-bond acceptors (Lipinski definition) is 9. The van der Waals surface area contributed by atoms with Crippen molar-refractivity contribution >= 4 is 48.7 Å². The molecule has 3 heterocycles. The van der Waals surface area contributed by atoms with Gasteiger partial charge in [-0.15, -0.1) is 11.3 Å². The number of amides is 1. The van der Waals surface area contributed by atoms with E-state index in [2.05, 4.69) is 20.2 Å². The lowest BCUT2D eigenvalue weighted by atomic mass is 10.1. The molecule has 0 radical (unpaired) electrons. The highest BCUT2D eigenvalue weighted by molar-refractivity contribution is 7.94. The van der Waals surface area contributed by atoms with E-state index in [1.807, 2.05) is 0 Å². The molecule has 1 amide bonds. The van der Waals surface area contributed by atoms with E-state index in [0.717, 1.165) is 11.3 Å². The highest BCUT2D eigenvalue weighted by atomic mass is 32.2. The van der Waals surface area contributed by atoms with Gasteiger partial charge in [0.1, 0.15) is 4.21 Å². The molecule has 4 rings (SSSR count). The second-order valence-corrected chi connectivity index (χ2v) is 12.4. The first-order valence-electron chi connectivity index (χ1n) is 10.7. The maximum Gasteiger partial charge on any atom is 0.275 e. The number of anilines is 1. The average Bonchev–Trinajstić information content (AvgIpc) is 3.44. The van der Waals surface area contributed by atoms with Crippen LogP contribution in [0.15, 0.2) is 74.4 Å². The van der Waals surface area contributed by atoms with Crippen molar-refractivity contribution in [1.29, 1.82) is 0 Å². The lowest BCUT2D eigenvalue weighted by Gasteiger charge is -2.26. The molecule has 2 aromatic heterocycles. The molecule has 0 unspecified atom stereocenters. The number of ether oxygens (including phenoxy) is 1. The van der Waals surface area contributed by atoms with Gasteiger partial charge in [0.25, 0.3) is 15.9 Å². The van der Waals surface area contributed by atoms with E-state index in [1.165, 1.54) is 41.0 Å². The zero-order valence-electron chi connectivity index (χ0n) is 19.1. The van der Waals surface area contributed by atoms with Crippen LogP contribution >= 0.6 is 11.3 Å². The zero-order chi connectivity index (χ0) is 25.8. The Labute approximate surface area is 212 Å². The number of nitrogens with one attached hydrogen (secondary N) is 2. The summed E-state index contributed by atoms with van der Waals surface area (Å²) in [5, 5.41) is 5.71. The summed E-state index contributed by atoms with van der Waals surface area (Å²) in [5.41, 5.74) is 3.24. The third kappa shape index (κ3) is 5.79. The second kappa shape index (κ2) is 10.8. The molecule has 1 aliphatic heterocycles. The van der Waals surface area contributed by atoms with Crippen LogP contribution in [0.2, 0.25) is 0 Å². The summed E-state index contributed by atoms with van der Waals surface area (Å²) < 4.78 is 60.1. The lowest BCUT2D eigenvalue weighted by Crippen LogP contribution is -2.40. The normalized spacial score (nSPS) is 15.4. The summed E-state index contributed by atoms with van der Waals surface area (Å²) in [6.07, 6.45) is 2.58. The Morgan fingerprint density at radius 3 is 2.61 bits per heavy atom. The van der Waals surface area contributed by atoms with Crippen molar-refractivity contribution in [1.82, 2.24) is 14.7 Å². The Morgan fingerprint density at radius 2 is 1.89 bits per heavy atom. The Hall–Kier alpha value is -3.17. The van der Waals surface area contributed by atoms with E-state index < -0.39 is 26.0 Å². The van der Waals surface area contributed by atoms with Crippen LogP contribution in [0.4, 0.5) is 5.69 Å². The molecular formula is C22H23N5O6S3. The molecule has 0 bridgehead atoms. The first kappa shape index (κ1) is 25.9. The van der Waals surface area contributed by atoms with Crippen LogP contribution in [-0.4, -0.2) is 64.0 Å². The SMILES string of the molecule is C/C(=N\NC(=O)c1cnccc1NS(=O)(=O)c1cccs1)c1cccc(S(=O)(=O)N2CCOCC2)c1. The third-order valence-corrected chi connectivity index (χ3v) is 9.91. The molecule has 3 aromatic rings. The minimum atomic E-state index is -3.87. The van der Waals surface area contributed by atoms with E-state index in [1.54, 1.807) is 30.5 Å².